The van der Waals surface area contributed by atoms with E-state index in [0.29, 0.717) is 6.04 Å². The summed E-state index contributed by atoms with van der Waals surface area (Å²) in [6, 6.07) is 14.7. The molecule has 0 aliphatic heterocycles. The van der Waals surface area contributed by atoms with E-state index in [0.717, 1.165) is 35.0 Å². The number of benzene rings is 2. The van der Waals surface area contributed by atoms with Crippen molar-refractivity contribution in [1.82, 2.24) is 9.88 Å². The fraction of sp³-hybridized carbons (Fsp3) is 0.300. The highest BCUT2D eigenvalue weighted by atomic mass is 32.1. The van der Waals surface area contributed by atoms with Gasteiger partial charge in [0, 0.05) is 18.7 Å². The predicted molar refractivity (Wildman–Crippen MR) is 99.4 cm³/mol. The Bertz CT molecular complexity index is 863. The number of nitrogens with zero attached hydrogens (tertiary/aromatic N) is 2. The molecule has 1 aliphatic carbocycles. The van der Waals surface area contributed by atoms with Gasteiger partial charge in [0.25, 0.3) is 5.91 Å². The van der Waals surface area contributed by atoms with E-state index in [1.807, 2.05) is 47.8 Å². The standard InChI is InChI=1S/C20H20N2OS/c1-22(17-4-2-3-5-17)20(23)15-8-6-14(7-9-15)16-10-11-18-19(12-16)24-13-21-18/h6-13,17H,2-5H2,1H3. The Morgan fingerprint density at radius 3 is 2.54 bits per heavy atom. The monoisotopic (exact) mass is 336 g/mol. The van der Waals surface area contributed by atoms with Gasteiger partial charge in [-0.15, -0.1) is 11.3 Å². The zero-order chi connectivity index (χ0) is 16.5. The SMILES string of the molecule is CN(C(=O)c1ccc(-c2ccc3ncsc3c2)cc1)C1CCCC1. The molecule has 3 nitrogen and oxygen atoms in total. The van der Waals surface area contributed by atoms with Gasteiger partial charge < -0.3 is 4.90 Å². The maximum absolute atomic E-state index is 12.6. The number of aromatic nitrogens is 1. The molecule has 1 heterocycles. The molecule has 1 saturated carbocycles. The Morgan fingerprint density at radius 1 is 1.08 bits per heavy atom. The molecule has 0 unspecified atom stereocenters. The molecule has 122 valence electrons. The van der Waals surface area contributed by atoms with Crippen LogP contribution in [0.5, 0.6) is 0 Å². The smallest absolute Gasteiger partial charge is 0.253 e. The van der Waals surface area contributed by atoms with Crippen LogP contribution in [0.1, 0.15) is 36.0 Å². The van der Waals surface area contributed by atoms with Crippen molar-refractivity contribution in [2.45, 2.75) is 31.7 Å². The third-order valence-corrected chi connectivity index (χ3v) is 5.78. The van der Waals surface area contributed by atoms with Crippen molar-refractivity contribution >= 4 is 27.5 Å². The zero-order valence-corrected chi connectivity index (χ0v) is 14.6. The van der Waals surface area contributed by atoms with E-state index in [1.165, 1.54) is 17.5 Å². The average Bonchev–Trinajstić information content (AvgIpc) is 3.31. The fourth-order valence-electron chi connectivity index (χ4n) is 3.50. The number of carbonyl (C=O) groups excluding carboxylic acids is 1. The first-order valence-electron chi connectivity index (χ1n) is 8.43. The molecule has 4 rings (SSSR count). The number of amides is 1. The summed E-state index contributed by atoms with van der Waals surface area (Å²) in [5, 5.41) is 0. The topological polar surface area (TPSA) is 33.2 Å². The molecule has 4 heteroatoms. The minimum Gasteiger partial charge on any atom is -0.339 e. The number of hydrogen-bond donors (Lipinski definition) is 0. The molecular formula is C20H20N2OS. The average molecular weight is 336 g/mol. The maximum Gasteiger partial charge on any atom is 0.253 e. The molecule has 1 fully saturated rings. The Morgan fingerprint density at radius 2 is 1.79 bits per heavy atom. The molecule has 0 bridgehead atoms. The predicted octanol–water partition coefficient (Wildman–Crippen LogP) is 4.98. The zero-order valence-electron chi connectivity index (χ0n) is 13.7. The Hall–Kier alpha value is -2.20. The third kappa shape index (κ3) is 2.82. The van der Waals surface area contributed by atoms with E-state index in [-0.39, 0.29) is 5.91 Å². The van der Waals surface area contributed by atoms with E-state index >= 15 is 0 Å². The summed E-state index contributed by atoms with van der Waals surface area (Å²) in [5.74, 6) is 0.131. The molecule has 1 aromatic heterocycles. The largest absolute Gasteiger partial charge is 0.339 e. The Balaban J connectivity index is 1.56. The molecule has 24 heavy (non-hydrogen) atoms. The summed E-state index contributed by atoms with van der Waals surface area (Å²) < 4.78 is 1.19. The molecule has 0 atom stereocenters. The van der Waals surface area contributed by atoms with Crippen LogP contribution in [-0.2, 0) is 0 Å². The normalized spacial score (nSPS) is 15.0. The third-order valence-electron chi connectivity index (χ3n) is 4.99. The van der Waals surface area contributed by atoms with Crippen molar-refractivity contribution in [2.24, 2.45) is 0 Å². The van der Waals surface area contributed by atoms with Gasteiger partial charge in [-0.05, 0) is 48.2 Å². The molecule has 0 radical (unpaired) electrons. The van der Waals surface area contributed by atoms with Crippen molar-refractivity contribution in [3.05, 3.63) is 53.5 Å². The molecule has 0 N–H and O–H groups in total. The summed E-state index contributed by atoms with van der Waals surface area (Å²) in [6.07, 6.45) is 4.74. The van der Waals surface area contributed by atoms with E-state index in [2.05, 4.69) is 17.1 Å². The van der Waals surface area contributed by atoms with Gasteiger partial charge in [-0.25, -0.2) is 4.98 Å². The molecule has 1 amide bonds. The van der Waals surface area contributed by atoms with E-state index in [1.54, 1.807) is 11.3 Å². The fourth-order valence-corrected chi connectivity index (χ4v) is 4.22. The number of rotatable bonds is 3. The van der Waals surface area contributed by atoms with E-state index in [4.69, 9.17) is 0 Å². The molecular weight excluding hydrogens is 316 g/mol. The lowest BCUT2D eigenvalue weighted by atomic mass is 10.0. The van der Waals surface area contributed by atoms with Crippen LogP contribution in [0.2, 0.25) is 0 Å². The van der Waals surface area contributed by atoms with Gasteiger partial charge >= 0.3 is 0 Å². The summed E-state index contributed by atoms with van der Waals surface area (Å²) in [6.45, 7) is 0. The van der Waals surface area contributed by atoms with Gasteiger partial charge in [0.05, 0.1) is 15.7 Å². The van der Waals surface area contributed by atoms with Crippen LogP contribution in [0.3, 0.4) is 0 Å². The molecule has 2 aromatic carbocycles. The van der Waals surface area contributed by atoms with Gasteiger partial charge in [-0.3, -0.25) is 4.79 Å². The molecule has 3 aromatic rings. The Kier molecular flexibility index (Phi) is 4.07. The minimum atomic E-state index is 0.131. The van der Waals surface area contributed by atoms with Crippen molar-refractivity contribution in [3.8, 4) is 11.1 Å². The maximum atomic E-state index is 12.6. The van der Waals surface area contributed by atoms with Crippen LogP contribution in [0.25, 0.3) is 21.3 Å². The second-order valence-corrected chi connectivity index (χ2v) is 7.35. The van der Waals surface area contributed by atoms with Gasteiger partial charge in [-0.1, -0.05) is 31.0 Å². The lowest BCUT2D eigenvalue weighted by Gasteiger charge is -2.24. The Labute approximate surface area is 146 Å². The van der Waals surface area contributed by atoms with Crippen LogP contribution < -0.4 is 0 Å². The number of thiazole rings is 1. The highest BCUT2D eigenvalue weighted by Crippen LogP contribution is 2.27. The number of hydrogen-bond acceptors (Lipinski definition) is 3. The van der Waals surface area contributed by atoms with E-state index < -0.39 is 0 Å². The number of fused-ring (bicyclic) bond motifs is 1. The molecule has 1 aliphatic rings. The van der Waals surface area contributed by atoms with Crippen molar-refractivity contribution in [3.63, 3.8) is 0 Å². The lowest BCUT2D eigenvalue weighted by molar-refractivity contribution is 0.0735. The summed E-state index contributed by atoms with van der Waals surface area (Å²) >= 11 is 1.65. The lowest BCUT2D eigenvalue weighted by Crippen LogP contribution is -2.35. The van der Waals surface area contributed by atoms with Gasteiger partial charge in [0.1, 0.15) is 0 Å². The van der Waals surface area contributed by atoms with Gasteiger partial charge in [0.15, 0.2) is 0 Å². The van der Waals surface area contributed by atoms with Crippen LogP contribution in [0.4, 0.5) is 0 Å². The highest BCUT2D eigenvalue weighted by molar-refractivity contribution is 7.16. The van der Waals surface area contributed by atoms with Crippen LogP contribution in [-0.4, -0.2) is 28.9 Å². The second kappa shape index (κ2) is 6.36. The minimum absolute atomic E-state index is 0.131. The first-order chi connectivity index (χ1) is 11.7. The first kappa shape index (κ1) is 15.3. The van der Waals surface area contributed by atoms with Crippen LogP contribution >= 0.6 is 11.3 Å². The van der Waals surface area contributed by atoms with Crippen LogP contribution in [0, 0.1) is 0 Å². The number of carbonyl (C=O) groups is 1. The summed E-state index contributed by atoms with van der Waals surface area (Å²) in [4.78, 5) is 18.9. The summed E-state index contributed by atoms with van der Waals surface area (Å²) in [7, 11) is 1.93. The van der Waals surface area contributed by atoms with Gasteiger partial charge in [-0.2, -0.15) is 0 Å². The van der Waals surface area contributed by atoms with Crippen molar-refractivity contribution < 1.29 is 4.79 Å². The van der Waals surface area contributed by atoms with E-state index in [9.17, 15) is 4.79 Å². The van der Waals surface area contributed by atoms with Crippen molar-refractivity contribution in [2.75, 3.05) is 7.05 Å². The van der Waals surface area contributed by atoms with Gasteiger partial charge in [0.2, 0.25) is 0 Å². The van der Waals surface area contributed by atoms with Crippen LogP contribution in [0.15, 0.2) is 48.0 Å². The quantitative estimate of drug-likeness (QED) is 0.676. The second-order valence-electron chi connectivity index (χ2n) is 6.47. The highest BCUT2D eigenvalue weighted by Gasteiger charge is 2.24. The first-order valence-corrected chi connectivity index (χ1v) is 9.31. The van der Waals surface area contributed by atoms with Crippen molar-refractivity contribution in [1.29, 1.82) is 0 Å². The summed E-state index contributed by atoms with van der Waals surface area (Å²) in [5.41, 5.74) is 5.97. The molecule has 0 saturated heterocycles. The molecule has 0 spiro atoms.